The first kappa shape index (κ1) is 11.6. The molecule has 15 heavy (non-hydrogen) atoms. The minimum atomic E-state index is 0. The standard InChI is InChI=1S/C12H10O2.BrH/c13-11-6-4-9(5-7-11)10-2-1-3-12(14)8-10;/h1-8,13-14H;1H. The highest BCUT2D eigenvalue weighted by molar-refractivity contribution is 8.93. The summed E-state index contributed by atoms with van der Waals surface area (Å²) in [5.41, 5.74) is 1.91. The molecule has 0 spiro atoms. The zero-order valence-corrected chi connectivity index (χ0v) is 9.63. The van der Waals surface area contributed by atoms with Crippen LogP contribution in [0.25, 0.3) is 11.1 Å². The predicted molar refractivity (Wildman–Crippen MR) is 65.5 cm³/mol. The molecule has 0 fully saturated rings. The highest BCUT2D eigenvalue weighted by Gasteiger charge is 1.97. The van der Waals surface area contributed by atoms with Crippen LogP contribution < -0.4 is 0 Å². The molecule has 0 aliphatic heterocycles. The molecule has 2 rings (SSSR count). The Morgan fingerprint density at radius 2 is 1.33 bits per heavy atom. The summed E-state index contributed by atoms with van der Waals surface area (Å²) in [5, 5.41) is 18.4. The maximum absolute atomic E-state index is 9.28. The Labute approximate surface area is 98.6 Å². The fraction of sp³-hybridized carbons (Fsp3) is 0. The molecular formula is C12H11BrO2. The number of halogens is 1. The minimum absolute atomic E-state index is 0. The fourth-order valence-electron chi connectivity index (χ4n) is 1.34. The van der Waals surface area contributed by atoms with Crippen LogP contribution in [0.3, 0.4) is 0 Å². The Bertz CT molecular complexity index is 438. The Morgan fingerprint density at radius 1 is 0.667 bits per heavy atom. The average molecular weight is 267 g/mol. The maximum Gasteiger partial charge on any atom is 0.116 e. The van der Waals surface area contributed by atoms with Crippen molar-refractivity contribution < 1.29 is 10.2 Å². The van der Waals surface area contributed by atoms with Gasteiger partial charge in [0.25, 0.3) is 0 Å². The lowest BCUT2D eigenvalue weighted by Gasteiger charge is -2.01. The van der Waals surface area contributed by atoms with Crippen molar-refractivity contribution in [3.63, 3.8) is 0 Å². The molecule has 2 aromatic rings. The quantitative estimate of drug-likeness (QED) is 0.831. The molecule has 3 heteroatoms. The van der Waals surface area contributed by atoms with Crippen LogP contribution in [0.5, 0.6) is 11.5 Å². The first-order valence-electron chi connectivity index (χ1n) is 4.34. The molecule has 0 bridgehead atoms. The van der Waals surface area contributed by atoms with Gasteiger partial charge < -0.3 is 10.2 Å². The Hall–Kier alpha value is -1.48. The van der Waals surface area contributed by atoms with Crippen LogP contribution in [-0.2, 0) is 0 Å². The molecule has 0 aliphatic rings. The van der Waals surface area contributed by atoms with Crippen molar-refractivity contribution in [2.24, 2.45) is 0 Å². The third-order valence-electron chi connectivity index (χ3n) is 2.05. The molecule has 0 atom stereocenters. The van der Waals surface area contributed by atoms with Crippen molar-refractivity contribution in [2.45, 2.75) is 0 Å². The summed E-state index contributed by atoms with van der Waals surface area (Å²) >= 11 is 0. The van der Waals surface area contributed by atoms with E-state index in [1.54, 1.807) is 30.3 Å². The Balaban J connectivity index is 0.00000112. The average Bonchev–Trinajstić information content (AvgIpc) is 2.19. The third-order valence-corrected chi connectivity index (χ3v) is 2.05. The number of hydrogen-bond acceptors (Lipinski definition) is 2. The van der Waals surface area contributed by atoms with E-state index in [0.717, 1.165) is 11.1 Å². The molecule has 0 unspecified atom stereocenters. The molecule has 0 aromatic heterocycles. The fourth-order valence-corrected chi connectivity index (χ4v) is 1.34. The lowest BCUT2D eigenvalue weighted by Crippen LogP contribution is -1.76. The van der Waals surface area contributed by atoms with Crippen LogP contribution in [0.1, 0.15) is 0 Å². The molecule has 0 aliphatic carbocycles. The minimum Gasteiger partial charge on any atom is -0.508 e. The highest BCUT2D eigenvalue weighted by atomic mass is 79.9. The van der Waals surface area contributed by atoms with Crippen LogP contribution in [0.15, 0.2) is 48.5 Å². The van der Waals surface area contributed by atoms with Gasteiger partial charge in [0.15, 0.2) is 0 Å². The first-order chi connectivity index (χ1) is 6.75. The molecule has 0 saturated heterocycles. The zero-order chi connectivity index (χ0) is 9.97. The van der Waals surface area contributed by atoms with Crippen LogP contribution in [0.4, 0.5) is 0 Å². The molecule has 0 saturated carbocycles. The second-order valence-corrected chi connectivity index (χ2v) is 3.10. The van der Waals surface area contributed by atoms with Crippen molar-refractivity contribution in [1.82, 2.24) is 0 Å². The Morgan fingerprint density at radius 3 is 1.93 bits per heavy atom. The van der Waals surface area contributed by atoms with E-state index in [-0.39, 0.29) is 28.5 Å². The first-order valence-corrected chi connectivity index (χ1v) is 4.34. The van der Waals surface area contributed by atoms with E-state index in [4.69, 9.17) is 5.11 Å². The zero-order valence-electron chi connectivity index (χ0n) is 7.92. The van der Waals surface area contributed by atoms with Gasteiger partial charge in [0, 0.05) is 0 Å². The summed E-state index contributed by atoms with van der Waals surface area (Å²) in [6.45, 7) is 0. The van der Waals surface area contributed by atoms with Gasteiger partial charge in [0.05, 0.1) is 0 Å². The van der Waals surface area contributed by atoms with Crippen molar-refractivity contribution >= 4 is 17.0 Å². The summed E-state index contributed by atoms with van der Waals surface area (Å²) in [6.07, 6.45) is 0. The number of phenolic OH excluding ortho intramolecular Hbond substituents is 2. The predicted octanol–water partition coefficient (Wildman–Crippen LogP) is 3.34. The molecule has 2 N–H and O–H groups in total. The summed E-state index contributed by atoms with van der Waals surface area (Å²) < 4.78 is 0. The summed E-state index contributed by atoms with van der Waals surface area (Å²) in [5.74, 6) is 0.490. The number of benzene rings is 2. The van der Waals surface area contributed by atoms with Gasteiger partial charge in [-0.3, -0.25) is 0 Å². The van der Waals surface area contributed by atoms with Crippen molar-refractivity contribution in [3.8, 4) is 22.6 Å². The topological polar surface area (TPSA) is 40.5 Å². The van der Waals surface area contributed by atoms with E-state index in [0.29, 0.717) is 0 Å². The number of phenols is 2. The molecule has 2 nitrogen and oxygen atoms in total. The number of aromatic hydroxyl groups is 2. The second kappa shape index (κ2) is 4.84. The van der Waals surface area contributed by atoms with E-state index in [9.17, 15) is 5.11 Å². The lowest BCUT2D eigenvalue weighted by molar-refractivity contribution is 0.475. The van der Waals surface area contributed by atoms with Crippen molar-refractivity contribution in [2.75, 3.05) is 0 Å². The monoisotopic (exact) mass is 266 g/mol. The normalized spacial score (nSPS) is 9.33. The van der Waals surface area contributed by atoms with E-state index < -0.39 is 0 Å². The molecule has 78 valence electrons. The molecule has 0 heterocycles. The van der Waals surface area contributed by atoms with Gasteiger partial charge in [-0.1, -0.05) is 24.3 Å². The molecule has 0 radical (unpaired) electrons. The van der Waals surface area contributed by atoms with Gasteiger partial charge in [-0.15, -0.1) is 17.0 Å². The molecular weight excluding hydrogens is 256 g/mol. The Kier molecular flexibility index (Phi) is 3.74. The van der Waals surface area contributed by atoms with E-state index >= 15 is 0 Å². The molecule has 2 aromatic carbocycles. The van der Waals surface area contributed by atoms with E-state index in [1.807, 2.05) is 18.2 Å². The lowest BCUT2D eigenvalue weighted by atomic mass is 10.1. The smallest absolute Gasteiger partial charge is 0.116 e. The number of hydrogen-bond donors (Lipinski definition) is 2. The second-order valence-electron chi connectivity index (χ2n) is 3.10. The van der Waals surface area contributed by atoms with Crippen molar-refractivity contribution in [3.05, 3.63) is 48.5 Å². The van der Waals surface area contributed by atoms with Crippen LogP contribution in [0, 0.1) is 0 Å². The van der Waals surface area contributed by atoms with Crippen LogP contribution in [-0.4, -0.2) is 10.2 Å². The maximum atomic E-state index is 9.28. The van der Waals surface area contributed by atoms with E-state index in [1.165, 1.54) is 0 Å². The summed E-state index contributed by atoms with van der Waals surface area (Å²) in [4.78, 5) is 0. The summed E-state index contributed by atoms with van der Waals surface area (Å²) in [6, 6.07) is 13.9. The van der Waals surface area contributed by atoms with Crippen LogP contribution >= 0.6 is 17.0 Å². The van der Waals surface area contributed by atoms with Crippen LogP contribution in [0.2, 0.25) is 0 Å². The van der Waals surface area contributed by atoms with E-state index in [2.05, 4.69) is 0 Å². The van der Waals surface area contributed by atoms with Gasteiger partial charge in [-0.25, -0.2) is 0 Å². The summed E-state index contributed by atoms with van der Waals surface area (Å²) in [7, 11) is 0. The highest BCUT2D eigenvalue weighted by Crippen LogP contribution is 2.24. The third kappa shape index (κ3) is 2.73. The largest absolute Gasteiger partial charge is 0.508 e. The van der Waals surface area contributed by atoms with Gasteiger partial charge in [0.2, 0.25) is 0 Å². The van der Waals surface area contributed by atoms with Gasteiger partial charge in [-0.2, -0.15) is 0 Å². The molecule has 0 amide bonds. The van der Waals surface area contributed by atoms with Gasteiger partial charge >= 0.3 is 0 Å². The SMILES string of the molecule is Br.Oc1ccc(-c2cccc(O)c2)cc1. The van der Waals surface area contributed by atoms with Gasteiger partial charge in [-0.05, 0) is 35.4 Å². The van der Waals surface area contributed by atoms with Gasteiger partial charge in [0.1, 0.15) is 11.5 Å². The van der Waals surface area contributed by atoms with Crippen molar-refractivity contribution in [1.29, 1.82) is 0 Å². The number of rotatable bonds is 1.